The fourth-order valence-electron chi connectivity index (χ4n) is 0.650. The van der Waals surface area contributed by atoms with Crippen molar-refractivity contribution in [3.8, 4) is 5.75 Å². The van der Waals surface area contributed by atoms with Crippen LogP contribution in [0.25, 0.3) is 0 Å². The van der Waals surface area contributed by atoms with E-state index >= 15 is 0 Å². The highest BCUT2D eigenvalue weighted by atomic mass is 35.5. The van der Waals surface area contributed by atoms with Gasteiger partial charge in [-0.3, -0.25) is 0 Å². The van der Waals surface area contributed by atoms with E-state index in [1.54, 1.807) is 12.1 Å². The maximum absolute atomic E-state index is 9.12. The maximum Gasteiger partial charge on any atom is 0.121 e. The lowest BCUT2D eigenvalue weighted by molar-refractivity contribution is 0.470. The summed E-state index contributed by atoms with van der Waals surface area (Å²) in [7, 11) is 0. The summed E-state index contributed by atoms with van der Waals surface area (Å²) in [6.45, 7) is 0. The third-order valence-electron chi connectivity index (χ3n) is 1.19. The number of aromatic hydroxyl groups is 1. The highest BCUT2D eigenvalue weighted by Crippen LogP contribution is 2.22. The van der Waals surface area contributed by atoms with E-state index in [2.05, 4.69) is 0 Å². The summed E-state index contributed by atoms with van der Waals surface area (Å²) < 4.78 is 0. The molecular weight excluding hydrogens is 171 g/mol. The molecule has 3 heteroatoms. The molecule has 0 bridgehead atoms. The molecule has 1 nitrogen and oxygen atoms in total. The minimum Gasteiger partial charge on any atom is -0.508 e. The van der Waals surface area contributed by atoms with Gasteiger partial charge in [0.05, 0.1) is 5.88 Å². The quantitative estimate of drug-likeness (QED) is 0.654. The van der Waals surface area contributed by atoms with Gasteiger partial charge in [-0.05, 0) is 12.1 Å². The Morgan fingerprint density at radius 2 is 2.10 bits per heavy atom. The fourth-order valence-corrected chi connectivity index (χ4v) is 1.04. The molecule has 1 aromatic carbocycles. The molecule has 0 unspecified atom stereocenters. The van der Waals surface area contributed by atoms with Crippen molar-refractivity contribution in [1.82, 2.24) is 0 Å². The van der Waals surface area contributed by atoms with Crippen molar-refractivity contribution >= 4 is 23.2 Å². The van der Waals surface area contributed by atoms with Gasteiger partial charge in [-0.25, -0.2) is 0 Å². The van der Waals surface area contributed by atoms with Crippen LogP contribution in [0.15, 0.2) is 18.2 Å². The predicted molar refractivity (Wildman–Crippen MR) is 42.7 cm³/mol. The molecule has 0 saturated heterocycles. The summed E-state index contributed by atoms with van der Waals surface area (Å²) in [5.74, 6) is 0.464. The van der Waals surface area contributed by atoms with Crippen molar-refractivity contribution < 1.29 is 5.11 Å². The molecule has 10 heavy (non-hydrogen) atoms. The van der Waals surface area contributed by atoms with Gasteiger partial charge in [-0.2, -0.15) is 0 Å². The second-order valence-electron chi connectivity index (χ2n) is 1.91. The molecule has 0 amide bonds. The SMILES string of the molecule is Oc1cc(Cl)ccc1CCl. The lowest BCUT2D eigenvalue weighted by Crippen LogP contribution is -1.77. The zero-order valence-electron chi connectivity index (χ0n) is 5.14. The Balaban J connectivity index is 3.07. The first-order chi connectivity index (χ1) is 4.74. The van der Waals surface area contributed by atoms with Crippen molar-refractivity contribution in [2.45, 2.75) is 5.88 Å². The van der Waals surface area contributed by atoms with Crippen LogP contribution in [-0.4, -0.2) is 5.11 Å². The van der Waals surface area contributed by atoms with E-state index in [0.717, 1.165) is 0 Å². The van der Waals surface area contributed by atoms with Gasteiger partial charge in [-0.1, -0.05) is 17.7 Å². The summed E-state index contributed by atoms with van der Waals surface area (Å²) in [6.07, 6.45) is 0. The van der Waals surface area contributed by atoms with E-state index in [-0.39, 0.29) is 5.75 Å². The van der Waals surface area contributed by atoms with Crippen LogP contribution in [0, 0.1) is 0 Å². The first-order valence-electron chi connectivity index (χ1n) is 2.77. The summed E-state index contributed by atoms with van der Waals surface area (Å²) in [5, 5.41) is 9.64. The Labute approximate surface area is 69.2 Å². The molecule has 0 atom stereocenters. The van der Waals surface area contributed by atoms with Gasteiger partial charge in [-0.15, -0.1) is 11.6 Å². The number of phenols is 1. The van der Waals surface area contributed by atoms with Gasteiger partial charge in [0.25, 0.3) is 0 Å². The largest absolute Gasteiger partial charge is 0.508 e. The van der Waals surface area contributed by atoms with Crippen LogP contribution < -0.4 is 0 Å². The minimum atomic E-state index is 0.155. The number of hydrogen-bond acceptors (Lipinski definition) is 1. The van der Waals surface area contributed by atoms with Gasteiger partial charge in [0.1, 0.15) is 5.75 Å². The first-order valence-corrected chi connectivity index (χ1v) is 3.68. The molecule has 1 N–H and O–H groups in total. The van der Waals surface area contributed by atoms with Crippen molar-refractivity contribution in [2.24, 2.45) is 0 Å². The highest BCUT2D eigenvalue weighted by molar-refractivity contribution is 6.30. The Hall–Kier alpha value is -0.400. The van der Waals surface area contributed by atoms with Crippen molar-refractivity contribution in [3.63, 3.8) is 0 Å². The molecule has 0 heterocycles. The molecule has 0 fully saturated rings. The highest BCUT2D eigenvalue weighted by Gasteiger charge is 1.98. The topological polar surface area (TPSA) is 20.2 Å². The first kappa shape index (κ1) is 7.70. The normalized spacial score (nSPS) is 9.80. The van der Waals surface area contributed by atoms with E-state index in [0.29, 0.717) is 16.5 Å². The standard InChI is InChI=1S/C7H6Cl2O/c8-4-5-1-2-6(9)3-7(5)10/h1-3,10H,4H2. The maximum atomic E-state index is 9.12. The van der Waals surface area contributed by atoms with Crippen LogP contribution in [0.3, 0.4) is 0 Å². The number of rotatable bonds is 1. The van der Waals surface area contributed by atoms with Gasteiger partial charge < -0.3 is 5.11 Å². The Bertz CT molecular complexity index is 235. The van der Waals surface area contributed by atoms with Crippen molar-refractivity contribution in [3.05, 3.63) is 28.8 Å². The van der Waals surface area contributed by atoms with Crippen LogP contribution in [-0.2, 0) is 5.88 Å². The number of hydrogen-bond donors (Lipinski definition) is 1. The van der Waals surface area contributed by atoms with Crippen LogP contribution in [0.4, 0.5) is 0 Å². The van der Waals surface area contributed by atoms with E-state index in [1.165, 1.54) is 6.07 Å². The van der Waals surface area contributed by atoms with Gasteiger partial charge >= 0.3 is 0 Å². The monoisotopic (exact) mass is 176 g/mol. The van der Waals surface area contributed by atoms with Crippen molar-refractivity contribution in [1.29, 1.82) is 0 Å². The zero-order chi connectivity index (χ0) is 7.56. The Kier molecular flexibility index (Phi) is 2.41. The molecule has 1 rings (SSSR count). The smallest absolute Gasteiger partial charge is 0.121 e. The Morgan fingerprint density at radius 1 is 1.40 bits per heavy atom. The van der Waals surface area contributed by atoms with Crippen LogP contribution in [0.2, 0.25) is 5.02 Å². The third kappa shape index (κ3) is 1.55. The fraction of sp³-hybridized carbons (Fsp3) is 0.143. The number of halogens is 2. The van der Waals surface area contributed by atoms with Crippen LogP contribution in [0.1, 0.15) is 5.56 Å². The molecule has 0 aliphatic heterocycles. The molecule has 54 valence electrons. The van der Waals surface area contributed by atoms with E-state index in [1.807, 2.05) is 0 Å². The van der Waals surface area contributed by atoms with E-state index in [9.17, 15) is 0 Å². The second-order valence-corrected chi connectivity index (χ2v) is 2.61. The predicted octanol–water partition coefficient (Wildman–Crippen LogP) is 2.78. The molecule has 1 aromatic rings. The molecule has 0 saturated carbocycles. The second kappa shape index (κ2) is 3.13. The Morgan fingerprint density at radius 3 is 2.60 bits per heavy atom. The van der Waals surface area contributed by atoms with Crippen LogP contribution >= 0.6 is 23.2 Å². The zero-order valence-corrected chi connectivity index (χ0v) is 6.65. The number of phenolic OH excluding ortho intramolecular Hbond substituents is 1. The minimum absolute atomic E-state index is 0.155. The average Bonchev–Trinajstić information content (AvgIpc) is 1.88. The van der Waals surface area contributed by atoms with E-state index < -0.39 is 0 Å². The third-order valence-corrected chi connectivity index (χ3v) is 1.71. The van der Waals surface area contributed by atoms with Crippen molar-refractivity contribution in [2.75, 3.05) is 0 Å². The average molecular weight is 177 g/mol. The molecule has 0 aliphatic rings. The molecule has 0 radical (unpaired) electrons. The van der Waals surface area contributed by atoms with Gasteiger partial charge in [0, 0.05) is 10.6 Å². The number of benzene rings is 1. The summed E-state index contributed by atoms with van der Waals surface area (Å²) in [5.41, 5.74) is 0.700. The lowest BCUT2D eigenvalue weighted by Gasteiger charge is -1.98. The lowest BCUT2D eigenvalue weighted by atomic mass is 10.2. The molecule has 0 aliphatic carbocycles. The molecule has 0 aromatic heterocycles. The summed E-state index contributed by atoms with van der Waals surface area (Å²) in [6, 6.07) is 4.86. The van der Waals surface area contributed by atoms with Gasteiger partial charge in [0.2, 0.25) is 0 Å². The van der Waals surface area contributed by atoms with Gasteiger partial charge in [0.15, 0.2) is 0 Å². The molecular formula is C7H6Cl2O. The van der Waals surface area contributed by atoms with Crippen LogP contribution in [0.5, 0.6) is 5.75 Å². The summed E-state index contributed by atoms with van der Waals surface area (Å²) in [4.78, 5) is 0. The number of alkyl halides is 1. The summed E-state index contributed by atoms with van der Waals surface area (Å²) >= 11 is 11.1. The van der Waals surface area contributed by atoms with E-state index in [4.69, 9.17) is 28.3 Å². The molecule has 0 spiro atoms.